The predicted octanol–water partition coefficient (Wildman–Crippen LogP) is -2.60. The first-order valence-electron chi connectivity index (χ1n) is 5.62. The number of H-pyrrole nitrogens is 1. The number of aromatic amines is 1. The number of rotatable bonds is 6. The number of aliphatic carboxylic acids is 1. The molecule has 1 unspecified atom stereocenters. The Hall–Kier alpha value is -2.85. The summed E-state index contributed by atoms with van der Waals surface area (Å²) in [6.45, 7) is 0.244. The average Bonchev–Trinajstić information content (AvgIpc) is 2.30. The van der Waals surface area contributed by atoms with Gasteiger partial charge in [-0.2, -0.15) is 4.98 Å². The largest absolute Gasteiger partial charge is 0.480 e. The number of nitrogens with one attached hydrogen (secondary N) is 3. The molecule has 11 nitrogen and oxygen atoms in total. The summed E-state index contributed by atoms with van der Waals surface area (Å²) >= 11 is 0. The molecule has 0 bridgehead atoms. The Morgan fingerprint density at radius 2 is 2.20 bits per heavy atom. The van der Waals surface area contributed by atoms with E-state index in [4.69, 9.17) is 22.0 Å². The van der Waals surface area contributed by atoms with E-state index in [9.17, 15) is 14.4 Å². The van der Waals surface area contributed by atoms with Gasteiger partial charge in [0, 0.05) is 6.54 Å². The number of carbonyl (C=O) groups is 1. The van der Waals surface area contributed by atoms with Crippen molar-refractivity contribution in [3.8, 4) is 0 Å². The van der Waals surface area contributed by atoms with Crippen LogP contribution in [0.2, 0.25) is 0 Å². The summed E-state index contributed by atoms with van der Waals surface area (Å²) in [5.74, 6) is -1.97. The van der Waals surface area contributed by atoms with Crippen LogP contribution >= 0.6 is 0 Å². The van der Waals surface area contributed by atoms with Crippen molar-refractivity contribution in [2.45, 2.75) is 18.9 Å². The maximum Gasteiger partial charge on any atom is 0.355 e. The van der Waals surface area contributed by atoms with Gasteiger partial charge in [0.25, 0.3) is 0 Å². The summed E-state index contributed by atoms with van der Waals surface area (Å²) in [5, 5.41) is 18.5. The van der Waals surface area contributed by atoms with Crippen LogP contribution in [-0.4, -0.2) is 38.1 Å². The van der Waals surface area contributed by atoms with Gasteiger partial charge in [-0.05, 0) is 12.8 Å². The minimum Gasteiger partial charge on any atom is -0.480 e. The second-order valence-electron chi connectivity index (χ2n) is 3.92. The molecule has 0 aliphatic heterocycles. The van der Waals surface area contributed by atoms with Crippen LogP contribution in [0.1, 0.15) is 18.9 Å². The molecule has 1 aromatic rings. The maximum absolute atomic E-state index is 11.6. The van der Waals surface area contributed by atoms with Crippen LogP contribution in [0.4, 0.5) is 5.95 Å². The molecule has 20 heavy (non-hydrogen) atoms. The number of nitrogens with zero attached hydrogens (tertiary/aromatic N) is 2. The van der Waals surface area contributed by atoms with Crippen molar-refractivity contribution in [1.29, 1.82) is 5.41 Å². The van der Waals surface area contributed by atoms with E-state index in [0.29, 0.717) is 4.57 Å². The number of carboxylic acid groups (broad SMARTS) is 1. The second-order valence-corrected chi connectivity index (χ2v) is 3.92. The molecule has 110 valence electrons. The Morgan fingerprint density at radius 1 is 1.55 bits per heavy atom. The minimum absolute atomic E-state index is 0.00972. The van der Waals surface area contributed by atoms with E-state index in [1.807, 2.05) is 0 Å². The molecule has 1 rings (SSSR count). The summed E-state index contributed by atoms with van der Waals surface area (Å²) < 4.78 is 0.493. The quantitative estimate of drug-likeness (QED) is 0.186. The van der Waals surface area contributed by atoms with Crippen molar-refractivity contribution >= 4 is 17.9 Å². The Labute approximate surface area is 112 Å². The minimum atomic E-state index is -1.37. The number of nitrogen functional groups attached to an aromatic ring is 1. The normalized spacial score (nSPS) is 11.8. The molecule has 0 aromatic carbocycles. The van der Waals surface area contributed by atoms with Gasteiger partial charge in [0.1, 0.15) is 6.04 Å². The number of guanidine groups is 1. The number of nitrogens with two attached hydrogens (primary N) is 2. The molecular formula is C9H15N7O4. The summed E-state index contributed by atoms with van der Waals surface area (Å²) in [7, 11) is 0. The molecule has 1 aromatic heterocycles. The zero-order valence-electron chi connectivity index (χ0n) is 10.4. The van der Waals surface area contributed by atoms with Gasteiger partial charge in [-0.3, -0.25) is 10.4 Å². The predicted molar refractivity (Wildman–Crippen MR) is 69.4 cm³/mol. The van der Waals surface area contributed by atoms with E-state index in [2.05, 4.69) is 15.3 Å². The number of aromatic nitrogens is 3. The van der Waals surface area contributed by atoms with E-state index in [1.165, 1.54) is 0 Å². The number of anilines is 1. The van der Waals surface area contributed by atoms with Crippen molar-refractivity contribution < 1.29 is 9.90 Å². The molecule has 1 atom stereocenters. The number of hydrogen-bond acceptors (Lipinski definition) is 6. The lowest BCUT2D eigenvalue weighted by Gasteiger charge is -2.14. The van der Waals surface area contributed by atoms with Gasteiger partial charge >= 0.3 is 17.3 Å². The van der Waals surface area contributed by atoms with Crippen molar-refractivity contribution in [1.82, 2.24) is 19.9 Å². The summed E-state index contributed by atoms with van der Waals surface area (Å²) in [6, 6.07) is -1.37. The Morgan fingerprint density at radius 3 is 2.70 bits per heavy atom. The lowest BCUT2D eigenvalue weighted by molar-refractivity contribution is -0.141. The van der Waals surface area contributed by atoms with Crippen LogP contribution in [0.3, 0.4) is 0 Å². The molecule has 0 radical (unpaired) electrons. The highest BCUT2D eigenvalue weighted by Gasteiger charge is 2.23. The van der Waals surface area contributed by atoms with Crippen LogP contribution in [-0.2, 0) is 4.79 Å². The van der Waals surface area contributed by atoms with E-state index in [-0.39, 0.29) is 31.3 Å². The standard InChI is InChI=1S/C9H15N7O4/c10-6(11)13-3-1-2-4(5(17)18)16-8(19)14-7(12)15-9(16)20/h4H,1-3H2,(H,17,18)(H4,10,11,13)(H3,12,14,15,19,20). The molecule has 0 aliphatic rings. The van der Waals surface area contributed by atoms with Gasteiger partial charge in [-0.1, -0.05) is 0 Å². The van der Waals surface area contributed by atoms with Crippen molar-refractivity contribution in [2.75, 3.05) is 12.3 Å². The fourth-order valence-corrected chi connectivity index (χ4v) is 1.60. The van der Waals surface area contributed by atoms with Crippen molar-refractivity contribution in [2.24, 2.45) is 5.73 Å². The SMILES string of the molecule is N=C(N)NCCCC(C(=O)O)n1c(=O)nc(N)[nH]c1=O. The average molecular weight is 285 g/mol. The van der Waals surface area contributed by atoms with Gasteiger partial charge in [0.2, 0.25) is 5.95 Å². The van der Waals surface area contributed by atoms with Crippen LogP contribution < -0.4 is 28.2 Å². The Bertz CT molecular complexity index is 588. The van der Waals surface area contributed by atoms with Crippen LogP contribution in [0.15, 0.2) is 9.59 Å². The van der Waals surface area contributed by atoms with E-state index in [0.717, 1.165) is 0 Å². The maximum atomic E-state index is 11.6. The fraction of sp³-hybridized carbons (Fsp3) is 0.444. The Balaban J connectivity index is 2.93. The first-order chi connectivity index (χ1) is 9.32. The molecule has 0 amide bonds. The van der Waals surface area contributed by atoms with Gasteiger partial charge in [-0.25, -0.2) is 19.0 Å². The van der Waals surface area contributed by atoms with E-state index >= 15 is 0 Å². The molecule has 0 saturated heterocycles. The zero-order chi connectivity index (χ0) is 15.3. The third-order valence-electron chi connectivity index (χ3n) is 2.44. The molecule has 8 N–H and O–H groups in total. The fourth-order valence-electron chi connectivity index (χ4n) is 1.60. The lowest BCUT2D eigenvalue weighted by atomic mass is 10.1. The van der Waals surface area contributed by atoms with Crippen molar-refractivity contribution in [3.63, 3.8) is 0 Å². The molecule has 0 aliphatic carbocycles. The van der Waals surface area contributed by atoms with Crippen LogP contribution in [0.25, 0.3) is 0 Å². The highest BCUT2D eigenvalue weighted by atomic mass is 16.4. The van der Waals surface area contributed by atoms with Gasteiger partial charge < -0.3 is 21.9 Å². The monoisotopic (exact) mass is 285 g/mol. The number of carboxylic acids is 1. The van der Waals surface area contributed by atoms with E-state index < -0.39 is 23.4 Å². The summed E-state index contributed by atoms with van der Waals surface area (Å²) in [4.78, 5) is 39.7. The summed E-state index contributed by atoms with van der Waals surface area (Å²) in [6.07, 6.45) is 0.275. The molecular weight excluding hydrogens is 270 g/mol. The topological polar surface area (TPSA) is 193 Å². The smallest absolute Gasteiger partial charge is 0.355 e. The highest BCUT2D eigenvalue weighted by molar-refractivity contribution is 5.74. The molecule has 11 heteroatoms. The van der Waals surface area contributed by atoms with Crippen LogP contribution in [0, 0.1) is 5.41 Å². The molecule has 0 saturated carbocycles. The van der Waals surface area contributed by atoms with Gasteiger partial charge in [0.15, 0.2) is 5.96 Å². The van der Waals surface area contributed by atoms with Gasteiger partial charge in [-0.15, -0.1) is 0 Å². The van der Waals surface area contributed by atoms with Crippen LogP contribution in [0.5, 0.6) is 0 Å². The first kappa shape index (κ1) is 15.2. The van der Waals surface area contributed by atoms with Crippen molar-refractivity contribution in [3.05, 3.63) is 21.0 Å². The van der Waals surface area contributed by atoms with Gasteiger partial charge in [0.05, 0.1) is 0 Å². The Kier molecular flexibility index (Phi) is 4.83. The zero-order valence-corrected chi connectivity index (χ0v) is 10.4. The third kappa shape index (κ3) is 3.83. The second kappa shape index (κ2) is 6.36. The highest BCUT2D eigenvalue weighted by Crippen LogP contribution is 2.09. The molecule has 0 fully saturated rings. The van der Waals surface area contributed by atoms with E-state index in [1.54, 1.807) is 0 Å². The first-order valence-corrected chi connectivity index (χ1v) is 5.62. The molecule has 1 heterocycles. The number of hydrogen-bond donors (Lipinski definition) is 6. The lowest BCUT2D eigenvalue weighted by Crippen LogP contribution is -2.43. The summed E-state index contributed by atoms with van der Waals surface area (Å²) in [5.41, 5.74) is 8.29. The molecule has 0 spiro atoms. The third-order valence-corrected chi connectivity index (χ3v) is 2.44.